The van der Waals surface area contributed by atoms with Gasteiger partial charge < -0.3 is 5.11 Å². The molecule has 3 aromatic rings. The van der Waals surface area contributed by atoms with Crippen LogP contribution in [0.1, 0.15) is 17.5 Å². The number of aliphatic hydroxyl groups is 1. The molecule has 0 unspecified atom stereocenters. The van der Waals surface area contributed by atoms with Crippen LogP contribution in [0, 0.1) is 5.82 Å². The smallest absolute Gasteiger partial charge is 0.127 e. The lowest BCUT2D eigenvalue weighted by Gasteiger charge is -2.41. The Morgan fingerprint density at radius 2 is 1.97 bits per heavy atom. The third kappa shape index (κ3) is 5.08. The molecule has 30 heavy (non-hydrogen) atoms. The van der Waals surface area contributed by atoms with Crippen LogP contribution in [0.5, 0.6) is 0 Å². The summed E-state index contributed by atoms with van der Waals surface area (Å²) in [7, 11) is 0. The summed E-state index contributed by atoms with van der Waals surface area (Å²) in [5.41, 5.74) is 2.76. The first kappa shape index (κ1) is 21.0. The van der Waals surface area contributed by atoms with E-state index in [4.69, 9.17) is 11.6 Å². The highest BCUT2D eigenvalue weighted by Crippen LogP contribution is 2.20. The van der Waals surface area contributed by atoms with Gasteiger partial charge in [-0.05, 0) is 30.7 Å². The monoisotopic (exact) mass is 428 g/mol. The second-order valence-electron chi connectivity index (χ2n) is 7.74. The van der Waals surface area contributed by atoms with Crippen molar-refractivity contribution in [3.05, 3.63) is 82.9 Å². The Hall–Kier alpha value is -2.25. The quantitative estimate of drug-likeness (QED) is 0.622. The van der Waals surface area contributed by atoms with Gasteiger partial charge >= 0.3 is 0 Å². The zero-order valence-corrected chi connectivity index (χ0v) is 17.5. The number of aromatic nitrogens is 2. The van der Waals surface area contributed by atoms with E-state index in [2.05, 4.69) is 14.9 Å². The van der Waals surface area contributed by atoms with Crippen LogP contribution in [0.25, 0.3) is 5.69 Å². The van der Waals surface area contributed by atoms with Gasteiger partial charge in [-0.1, -0.05) is 35.9 Å². The Kier molecular flexibility index (Phi) is 6.79. The molecule has 2 heterocycles. The van der Waals surface area contributed by atoms with E-state index in [-0.39, 0.29) is 18.5 Å². The predicted octanol–water partition coefficient (Wildman–Crippen LogP) is 3.73. The Bertz CT molecular complexity index is 979. The highest BCUT2D eigenvalue weighted by atomic mass is 35.5. The van der Waals surface area contributed by atoms with Gasteiger partial charge in [0, 0.05) is 67.7 Å². The van der Waals surface area contributed by atoms with Crippen molar-refractivity contribution in [2.45, 2.75) is 25.6 Å². The Balaban J connectivity index is 1.40. The van der Waals surface area contributed by atoms with Gasteiger partial charge in [0.2, 0.25) is 0 Å². The normalized spacial score (nSPS) is 18.0. The molecule has 158 valence electrons. The van der Waals surface area contributed by atoms with Crippen LogP contribution in [-0.4, -0.2) is 57.0 Å². The summed E-state index contributed by atoms with van der Waals surface area (Å²) < 4.78 is 15.9. The minimum absolute atomic E-state index is 0.124. The van der Waals surface area contributed by atoms with E-state index in [1.807, 2.05) is 53.5 Å². The zero-order chi connectivity index (χ0) is 20.9. The molecule has 1 aromatic heterocycles. The molecule has 1 atom stereocenters. The number of nitrogens with zero attached hydrogens (tertiary/aromatic N) is 4. The van der Waals surface area contributed by atoms with Gasteiger partial charge in [0.1, 0.15) is 5.82 Å². The maximum atomic E-state index is 14.1. The molecule has 1 aliphatic heterocycles. The van der Waals surface area contributed by atoms with Crippen LogP contribution in [0.3, 0.4) is 0 Å². The van der Waals surface area contributed by atoms with E-state index in [0.29, 0.717) is 23.6 Å². The summed E-state index contributed by atoms with van der Waals surface area (Å²) in [6.07, 6.45) is 4.58. The molecule has 1 saturated heterocycles. The summed E-state index contributed by atoms with van der Waals surface area (Å²) in [6, 6.07) is 14.7. The molecular weight excluding hydrogens is 403 g/mol. The molecule has 0 saturated carbocycles. The summed E-state index contributed by atoms with van der Waals surface area (Å²) in [5.74, 6) is -0.170. The van der Waals surface area contributed by atoms with Crippen LogP contribution < -0.4 is 0 Å². The molecule has 1 N–H and O–H groups in total. The predicted molar refractivity (Wildman–Crippen MR) is 116 cm³/mol. The maximum Gasteiger partial charge on any atom is 0.127 e. The number of rotatable bonds is 7. The molecule has 0 amide bonds. The molecule has 0 bridgehead atoms. The topological polar surface area (TPSA) is 44.5 Å². The molecule has 0 spiro atoms. The molecule has 0 radical (unpaired) electrons. The number of halogens is 2. The molecule has 5 nitrogen and oxygen atoms in total. The lowest BCUT2D eigenvalue weighted by molar-refractivity contribution is 0.0493. The number of hydrogen-bond donors (Lipinski definition) is 1. The number of aliphatic hydroxyl groups excluding tert-OH is 1. The summed E-state index contributed by atoms with van der Waals surface area (Å²) in [4.78, 5) is 4.65. The van der Waals surface area contributed by atoms with Crippen LogP contribution >= 0.6 is 11.6 Å². The fourth-order valence-electron chi connectivity index (χ4n) is 4.04. The average Bonchev–Trinajstić information content (AvgIpc) is 3.20. The van der Waals surface area contributed by atoms with E-state index in [1.165, 1.54) is 6.07 Å². The zero-order valence-electron chi connectivity index (χ0n) is 16.8. The van der Waals surface area contributed by atoms with Crippen molar-refractivity contribution in [1.29, 1.82) is 0 Å². The Labute approximate surface area is 181 Å². The van der Waals surface area contributed by atoms with Gasteiger partial charge in [-0.15, -0.1) is 0 Å². The molecule has 1 aliphatic rings. The van der Waals surface area contributed by atoms with Crippen molar-refractivity contribution in [3.63, 3.8) is 0 Å². The molecule has 0 aliphatic carbocycles. The van der Waals surface area contributed by atoms with Crippen LogP contribution in [0.2, 0.25) is 5.02 Å². The second kappa shape index (κ2) is 9.71. The third-order valence-corrected chi connectivity index (χ3v) is 5.83. The van der Waals surface area contributed by atoms with Crippen molar-refractivity contribution in [2.75, 3.05) is 26.2 Å². The number of piperazine rings is 1. The van der Waals surface area contributed by atoms with Gasteiger partial charge in [0.25, 0.3) is 0 Å². The van der Waals surface area contributed by atoms with Crippen LogP contribution in [0.15, 0.2) is 60.9 Å². The fraction of sp³-hybridized carbons (Fsp3) is 0.348. The van der Waals surface area contributed by atoms with E-state index in [1.54, 1.807) is 6.07 Å². The van der Waals surface area contributed by atoms with E-state index >= 15 is 0 Å². The standard InChI is InChI=1S/C23H26ClFN4O/c24-20-5-3-6-21(12-20)29-15-18(13-26-29)14-27-9-10-28(22(17-27)8-11-30)16-19-4-1-2-7-23(19)25/h1-7,12-13,15,22,30H,8-11,14,16-17H2/t22-/m0/s1. The van der Waals surface area contributed by atoms with Gasteiger partial charge in [-0.2, -0.15) is 5.10 Å². The van der Waals surface area contributed by atoms with Crippen molar-refractivity contribution >= 4 is 11.6 Å². The Morgan fingerprint density at radius 1 is 1.10 bits per heavy atom. The fourth-order valence-corrected chi connectivity index (χ4v) is 4.22. The van der Waals surface area contributed by atoms with Gasteiger partial charge in [-0.25, -0.2) is 9.07 Å². The minimum atomic E-state index is -0.170. The van der Waals surface area contributed by atoms with Crippen molar-refractivity contribution < 1.29 is 9.50 Å². The highest BCUT2D eigenvalue weighted by molar-refractivity contribution is 6.30. The van der Waals surface area contributed by atoms with Gasteiger partial charge in [0.15, 0.2) is 0 Å². The van der Waals surface area contributed by atoms with E-state index in [9.17, 15) is 9.50 Å². The first-order chi connectivity index (χ1) is 14.6. The lowest BCUT2D eigenvalue weighted by Crippen LogP contribution is -2.52. The SMILES string of the molecule is OCC[C@H]1CN(Cc2cnn(-c3cccc(Cl)c3)c2)CCN1Cc1ccccc1F. The van der Waals surface area contributed by atoms with Crippen LogP contribution in [0.4, 0.5) is 4.39 Å². The molecule has 1 fully saturated rings. The van der Waals surface area contributed by atoms with Gasteiger partial charge in [-0.3, -0.25) is 9.80 Å². The van der Waals surface area contributed by atoms with Crippen molar-refractivity contribution in [1.82, 2.24) is 19.6 Å². The average molecular weight is 429 g/mol. The molecule has 7 heteroatoms. The van der Waals surface area contributed by atoms with Gasteiger partial charge in [0.05, 0.1) is 11.9 Å². The maximum absolute atomic E-state index is 14.1. The first-order valence-electron chi connectivity index (χ1n) is 10.2. The van der Waals surface area contributed by atoms with E-state index < -0.39 is 0 Å². The first-order valence-corrected chi connectivity index (χ1v) is 10.6. The van der Waals surface area contributed by atoms with Crippen LogP contribution in [-0.2, 0) is 13.1 Å². The molecular formula is C23H26ClFN4O. The van der Waals surface area contributed by atoms with Crippen molar-refractivity contribution in [3.8, 4) is 5.69 Å². The Morgan fingerprint density at radius 3 is 2.77 bits per heavy atom. The minimum Gasteiger partial charge on any atom is -0.396 e. The lowest BCUT2D eigenvalue weighted by atomic mass is 10.1. The second-order valence-corrected chi connectivity index (χ2v) is 8.17. The largest absolute Gasteiger partial charge is 0.396 e. The molecule has 2 aromatic carbocycles. The summed E-state index contributed by atoms with van der Waals surface area (Å²) in [6.45, 7) is 4.03. The third-order valence-electron chi connectivity index (χ3n) is 5.60. The summed E-state index contributed by atoms with van der Waals surface area (Å²) in [5, 5.41) is 14.7. The number of hydrogen-bond acceptors (Lipinski definition) is 4. The molecule has 4 rings (SSSR count). The van der Waals surface area contributed by atoms with E-state index in [0.717, 1.165) is 37.4 Å². The summed E-state index contributed by atoms with van der Waals surface area (Å²) >= 11 is 6.09. The number of benzene rings is 2. The highest BCUT2D eigenvalue weighted by Gasteiger charge is 2.27. The van der Waals surface area contributed by atoms with Crippen molar-refractivity contribution in [2.24, 2.45) is 0 Å².